The number of pyridine rings is 1. The smallest absolute Gasteiger partial charge is 0.307 e. The molecule has 2 N–H and O–H groups in total. The molecule has 0 spiro atoms. The number of carboxylic acids is 1. The van der Waals surface area contributed by atoms with E-state index < -0.39 is 11.9 Å². The van der Waals surface area contributed by atoms with Crippen LogP contribution in [0.25, 0.3) is 23.1 Å². The van der Waals surface area contributed by atoms with Gasteiger partial charge in [0.15, 0.2) is 0 Å². The van der Waals surface area contributed by atoms with Gasteiger partial charge in [-0.15, -0.1) is 0 Å². The number of aliphatic carboxylic acids is 1. The lowest BCUT2D eigenvalue weighted by atomic mass is 10.0. The highest BCUT2D eigenvalue weighted by Crippen LogP contribution is 2.35. The predicted octanol–water partition coefficient (Wildman–Crippen LogP) is 7.68. The van der Waals surface area contributed by atoms with E-state index in [-0.39, 0.29) is 11.9 Å². The Balaban J connectivity index is 1.53. The Labute approximate surface area is 227 Å². The van der Waals surface area contributed by atoms with Gasteiger partial charge in [0.05, 0.1) is 23.7 Å². The van der Waals surface area contributed by atoms with Gasteiger partial charge in [-0.2, -0.15) is 11.8 Å². The zero-order valence-corrected chi connectivity index (χ0v) is 22.3. The number of carboxylic acid groups (broad SMARTS) is 1. The van der Waals surface area contributed by atoms with Gasteiger partial charge in [0.2, 0.25) is 0 Å². The Hall–Kier alpha value is -3.12. The summed E-state index contributed by atoms with van der Waals surface area (Å²) in [6.45, 7) is 1.77. The van der Waals surface area contributed by atoms with Crippen molar-refractivity contribution in [1.82, 2.24) is 4.98 Å². The van der Waals surface area contributed by atoms with Crippen molar-refractivity contribution in [3.8, 4) is 0 Å². The monoisotopic (exact) mass is 531 g/mol. The average Bonchev–Trinajstić information content (AvgIpc) is 2.91. The second-order valence-electron chi connectivity index (χ2n) is 9.15. The lowest BCUT2D eigenvalue weighted by Gasteiger charge is -2.19. The maximum atomic E-state index is 11.4. The predicted molar refractivity (Wildman–Crippen MR) is 155 cm³/mol. The molecule has 0 aliphatic carbocycles. The summed E-state index contributed by atoms with van der Waals surface area (Å²) in [5.41, 5.74) is 6.01. The van der Waals surface area contributed by atoms with Crippen LogP contribution in [0.1, 0.15) is 46.5 Å². The first-order valence-corrected chi connectivity index (χ1v) is 13.7. The Kier molecular flexibility index (Phi) is 9.40. The van der Waals surface area contributed by atoms with Crippen LogP contribution < -0.4 is 0 Å². The third kappa shape index (κ3) is 7.68. The Morgan fingerprint density at radius 2 is 1.78 bits per heavy atom. The first kappa shape index (κ1) is 26.9. The van der Waals surface area contributed by atoms with Gasteiger partial charge in [0, 0.05) is 21.4 Å². The number of aryl methyl sites for hydroxylation is 1. The second-order valence-corrected chi connectivity index (χ2v) is 10.8. The van der Waals surface area contributed by atoms with E-state index in [4.69, 9.17) is 16.6 Å². The molecular weight excluding hydrogens is 502 g/mol. The van der Waals surface area contributed by atoms with Crippen LogP contribution in [-0.4, -0.2) is 26.9 Å². The summed E-state index contributed by atoms with van der Waals surface area (Å²) < 4.78 is 0. The molecule has 0 unspecified atom stereocenters. The van der Waals surface area contributed by atoms with E-state index in [1.165, 1.54) is 11.1 Å². The molecular formula is C31H30ClNO3S. The van der Waals surface area contributed by atoms with Gasteiger partial charge >= 0.3 is 5.97 Å². The molecule has 4 aromatic rings. The van der Waals surface area contributed by atoms with Gasteiger partial charge in [-0.1, -0.05) is 85.3 Å². The number of benzene rings is 3. The van der Waals surface area contributed by atoms with Crippen molar-refractivity contribution in [2.75, 3.05) is 5.75 Å². The number of hydrogen-bond acceptors (Lipinski definition) is 4. The summed E-state index contributed by atoms with van der Waals surface area (Å²) in [7, 11) is 0. The number of carbonyl (C=O) groups is 1. The maximum absolute atomic E-state index is 11.4. The average molecular weight is 532 g/mol. The minimum Gasteiger partial charge on any atom is -0.481 e. The molecule has 3 aromatic carbocycles. The van der Waals surface area contributed by atoms with E-state index >= 15 is 0 Å². The van der Waals surface area contributed by atoms with Crippen molar-refractivity contribution in [2.24, 2.45) is 5.92 Å². The largest absolute Gasteiger partial charge is 0.481 e. The molecule has 0 aliphatic rings. The van der Waals surface area contributed by atoms with Crippen LogP contribution >= 0.6 is 23.4 Å². The molecule has 190 valence electrons. The molecule has 4 rings (SSSR count). The molecule has 1 heterocycles. The molecule has 0 fully saturated rings. The van der Waals surface area contributed by atoms with Crippen LogP contribution in [0.2, 0.25) is 5.02 Å². The minimum absolute atomic E-state index is 0.0234. The fourth-order valence-electron chi connectivity index (χ4n) is 4.10. The molecule has 2 atom stereocenters. The number of aliphatic hydroxyl groups is 1. The van der Waals surface area contributed by atoms with E-state index in [0.717, 1.165) is 40.6 Å². The molecule has 0 saturated heterocycles. The number of nitrogens with zero attached hydrogens (tertiary/aromatic N) is 1. The van der Waals surface area contributed by atoms with Gasteiger partial charge < -0.3 is 10.2 Å². The van der Waals surface area contributed by atoms with E-state index in [9.17, 15) is 15.0 Å². The summed E-state index contributed by atoms with van der Waals surface area (Å²) in [6.07, 6.45) is 5.76. The molecule has 0 amide bonds. The molecule has 0 aliphatic heterocycles. The summed E-state index contributed by atoms with van der Waals surface area (Å²) in [5, 5.41) is 20.7. The molecule has 6 heteroatoms. The van der Waals surface area contributed by atoms with Crippen molar-refractivity contribution in [2.45, 2.75) is 31.6 Å². The van der Waals surface area contributed by atoms with Crippen molar-refractivity contribution in [3.05, 3.63) is 112 Å². The fourth-order valence-corrected chi connectivity index (χ4v) is 5.56. The third-order valence-corrected chi connectivity index (χ3v) is 8.08. The first-order valence-electron chi connectivity index (χ1n) is 12.3. The van der Waals surface area contributed by atoms with Crippen molar-refractivity contribution >= 4 is 52.4 Å². The van der Waals surface area contributed by atoms with Crippen LogP contribution in [0, 0.1) is 5.92 Å². The van der Waals surface area contributed by atoms with Crippen molar-refractivity contribution in [3.63, 3.8) is 0 Å². The SMILES string of the molecule is C[C@H](CS[C@@H](CCc1cccc(CO)c1)c1cccc(/C=C/c2ccc3ccc(Cl)cc3n2)c1)C(=O)O. The van der Waals surface area contributed by atoms with E-state index in [1.807, 2.05) is 60.7 Å². The summed E-state index contributed by atoms with van der Waals surface area (Å²) in [5.74, 6) is -0.649. The summed E-state index contributed by atoms with van der Waals surface area (Å²) in [6, 6.07) is 26.1. The normalized spacial score (nSPS) is 13.2. The Morgan fingerprint density at radius 1 is 1.00 bits per heavy atom. The summed E-state index contributed by atoms with van der Waals surface area (Å²) in [4.78, 5) is 16.1. The highest BCUT2D eigenvalue weighted by molar-refractivity contribution is 7.99. The molecule has 0 saturated carbocycles. The topological polar surface area (TPSA) is 70.4 Å². The lowest BCUT2D eigenvalue weighted by molar-refractivity contribution is -0.140. The number of aromatic nitrogens is 1. The van der Waals surface area contributed by atoms with E-state index in [2.05, 4.69) is 30.3 Å². The maximum Gasteiger partial charge on any atom is 0.307 e. The van der Waals surface area contributed by atoms with Gasteiger partial charge in [-0.3, -0.25) is 4.79 Å². The molecule has 0 radical (unpaired) electrons. The molecule has 37 heavy (non-hydrogen) atoms. The highest BCUT2D eigenvalue weighted by atomic mass is 35.5. The zero-order chi connectivity index (χ0) is 26.2. The van der Waals surface area contributed by atoms with Gasteiger partial charge in [0.25, 0.3) is 0 Å². The van der Waals surface area contributed by atoms with Crippen LogP contribution in [0.5, 0.6) is 0 Å². The first-order chi connectivity index (χ1) is 17.9. The van der Waals surface area contributed by atoms with Crippen LogP contribution in [0.3, 0.4) is 0 Å². The number of halogens is 1. The van der Waals surface area contributed by atoms with E-state index in [0.29, 0.717) is 10.8 Å². The molecule has 0 bridgehead atoms. The number of aliphatic hydroxyl groups excluding tert-OH is 1. The zero-order valence-electron chi connectivity index (χ0n) is 20.7. The fraction of sp³-hybridized carbons (Fsp3) is 0.226. The van der Waals surface area contributed by atoms with E-state index in [1.54, 1.807) is 18.7 Å². The Bertz CT molecular complexity index is 1400. The lowest BCUT2D eigenvalue weighted by Crippen LogP contribution is -2.13. The number of rotatable bonds is 11. The van der Waals surface area contributed by atoms with Gasteiger partial charge in [-0.25, -0.2) is 4.98 Å². The van der Waals surface area contributed by atoms with Crippen molar-refractivity contribution in [1.29, 1.82) is 0 Å². The Morgan fingerprint density at radius 3 is 2.59 bits per heavy atom. The summed E-state index contributed by atoms with van der Waals surface area (Å²) >= 11 is 7.82. The van der Waals surface area contributed by atoms with Gasteiger partial charge in [-0.05, 0) is 59.4 Å². The van der Waals surface area contributed by atoms with Gasteiger partial charge in [0.1, 0.15) is 0 Å². The quantitative estimate of drug-likeness (QED) is 0.208. The van der Waals surface area contributed by atoms with Crippen LogP contribution in [0.15, 0.2) is 78.9 Å². The van der Waals surface area contributed by atoms with Crippen LogP contribution in [0.4, 0.5) is 0 Å². The number of thioether (sulfide) groups is 1. The minimum atomic E-state index is -0.775. The molecule has 4 nitrogen and oxygen atoms in total. The van der Waals surface area contributed by atoms with Crippen LogP contribution in [-0.2, 0) is 17.8 Å². The standard InChI is InChI=1S/C31H30ClNO3S/c1-21(31(35)36)20-37-30(15-9-22-4-2-6-24(16-22)19-34)26-7-3-5-23(17-26)8-13-28-14-11-25-10-12-27(32)18-29(25)33-28/h2-8,10-14,16-18,21,30,34H,9,15,19-20H2,1H3,(H,35,36)/b13-8+/t21-,30+/m1/s1. The number of fused-ring (bicyclic) bond motifs is 1. The highest BCUT2D eigenvalue weighted by Gasteiger charge is 2.18. The van der Waals surface area contributed by atoms with Crippen molar-refractivity contribution < 1.29 is 15.0 Å². The second kappa shape index (κ2) is 12.9. The number of hydrogen-bond donors (Lipinski definition) is 2. The third-order valence-electron chi connectivity index (χ3n) is 6.24. The molecule has 1 aromatic heterocycles.